The smallest absolute Gasteiger partial charge is 0.243 e. The number of carbonyl (C=O) groups is 2. The number of benzene rings is 1. The fraction of sp³-hybridized carbons (Fsp3) is 0.429. The molecule has 0 spiro atoms. The fourth-order valence-electron chi connectivity index (χ4n) is 1.91. The Bertz CT molecular complexity index is 472. The third-order valence-electron chi connectivity index (χ3n) is 3.22. The Balaban J connectivity index is 0.00000200. The molecule has 1 aliphatic rings. The Morgan fingerprint density at radius 1 is 1.30 bits per heavy atom. The summed E-state index contributed by atoms with van der Waals surface area (Å²) in [7, 11) is 1.66. The van der Waals surface area contributed by atoms with Gasteiger partial charge in [-0.15, -0.1) is 12.4 Å². The number of likely N-dealkylation sites (N-methyl/N-ethyl adjacent to an activating group) is 1. The molecule has 2 amide bonds. The number of aryl methyl sites for hydroxylation is 1. The second-order valence-electron chi connectivity index (χ2n) is 4.96. The Labute approximate surface area is 125 Å². The van der Waals surface area contributed by atoms with Crippen LogP contribution in [0.4, 0.5) is 5.69 Å². The highest BCUT2D eigenvalue weighted by Crippen LogP contribution is 2.09. The number of hydrogen-bond donors (Lipinski definition) is 2. The van der Waals surface area contributed by atoms with Gasteiger partial charge in [0.1, 0.15) is 0 Å². The van der Waals surface area contributed by atoms with Gasteiger partial charge < -0.3 is 15.5 Å². The maximum absolute atomic E-state index is 11.9. The topological polar surface area (TPSA) is 61.4 Å². The van der Waals surface area contributed by atoms with Crippen LogP contribution in [0.5, 0.6) is 0 Å². The van der Waals surface area contributed by atoms with Gasteiger partial charge in [0.25, 0.3) is 0 Å². The molecule has 0 aliphatic carbocycles. The van der Waals surface area contributed by atoms with Gasteiger partial charge >= 0.3 is 0 Å². The summed E-state index contributed by atoms with van der Waals surface area (Å²) in [6.45, 7) is 3.50. The number of carbonyl (C=O) groups excluding carboxylic acids is 2. The molecule has 5 nitrogen and oxygen atoms in total. The van der Waals surface area contributed by atoms with E-state index in [0.717, 1.165) is 11.3 Å². The Morgan fingerprint density at radius 3 is 2.40 bits per heavy atom. The van der Waals surface area contributed by atoms with Crippen LogP contribution in [0.2, 0.25) is 0 Å². The van der Waals surface area contributed by atoms with Gasteiger partial charge in [-0.3, -0.25) is 9.59 Å². The van der Waals surface area contributed by atoms with Crippen LogP contribution in [0.25, 0.3) is 0 Å². The van der Waals surface area contributed by atoms with Crippen molar-refractivity contribution in [2.24, 2.45) is 5.92 Å². The van der Waals surface area contributed by atoms with Crippen molar-refractivity contribution in [3.63, 3.8) is 0 Å². The lowest BCUT2D eigenvalue weighted by Crippen LogP contribution is -2.52. The van der Waals surface area contributed by atoms with Crippen LogP contribution in [0.3, 0.4) is 0 Å². The zero-order chi connectivity index (χ0) is 13.8. The van der Waals surface area contributed by atoms with Gasteiger partial charge in [0.2, 0.25) is 11.8 Å². The molecule has 20 heavy (non-hydrogen) atoms. The molecule has 0 radical (unpaired) electrons. The molecule has 0 atom stereocenters. The minimum atomic E-state index is -0.174. The van der Waals surface area contributed by atoms with Gasteiger partial charge in [0.15, 0.2) is 0 Å². The lowest BCUT2D eigenvalue weighted by molar-refractivity contribution is -0.138. The van der Waals surface area contributed by atoms with Crippen molar-refractivity contribution >= 4 is 29.9 Å². The van der Waals surface area contributed by atoms with Crippen LogP contribution in [0.15, 0.2) is 24.3 Å². The third-order valence-corrected chi connectivity index (χ3v) is 3.22. The Hall–Kier alpha value is -1.59. The second-order valence-corrected chi connectivity index (χ2v) is 4.96. The number of rotatable bonds is 4. The first-order valence-corrected chi connectivity index (χ1v) is 6.38. The first-order valence-electron chi connectivity index (χ1n) is 6.38. The van der Waals surface area contributed by atoms with E-state index in [-0.39, 0.29) is 36.7 Å². The zero-order valence-corrected chi connectivity index (χ0v) is 12.5. The van der Waals surface area contributed by atoms with E-state index in [1.54, 1.807) is 7.05 Å². The highest BCUT2D eigenvalue weighted by atomic mass is 35.5. The minimum absolute atomic E-state index is 0. The van der Waals surface area contributed by atoms with Gasteiger partial charge in [-0.2, -0.15) is 0 Å². The van der Waals surface area contributed by atoms with Crippen molar-refractivity contribution in [2.45, 2.75) is 6.92 Å². The molecule has 0 saturated carbocycles. The molecule has 0 bridgehead atoms. The summed E-state index contributed by atoms with van der Waals surface area (Å²) in [6.07, 6.45) is 0. The maximum atomic E-state index is 11.9. The highest BCUT2D eigenvalue weighted by Gasteiger charge is 2.28. The second kappa shape index (κ2) is 7.26. The molecule has 0 aromatic heterocycles. The van der Waals surface area contributed by atoms with Crippen molar-refractivity contribution in [2.75, 3.05) is 32.0 Å². The molecule has 6 heteroatoms. The van der Waals surface area contributed by atoms with Crippen molar-refractivity contribution in [3.8, 4) is 0 Å². The van der Waals surface area contributed by atoms with Crippen molar-refractivity contribution in [1.29, 1.82) is 0 Å². The van der Waals surface area contributed by atoms with Crippen molar-refractivity contribution in [1.82, 2.24) is 10.2 Å². The lowest BCUT2D eigenvalue weighted by atomic mass is 10.0. The molecule has 1 saturated heterocycles. The monoisotopic (exact) mass is 297 g/mol. The molecule has 0 unspecified atom stereocenters. The van der Waals surface area contributed by atoms with E-state index in [1.165, 1.54) is 4.90 Å². The first-order chi connectivity index (χ1) is 9.06. The number of nitrogens with one attached hydrogen (secondary N) is 2. The predicted octanol–water partition coefficient (Wildman–Crippen LogP) is 1.03. The Kier molecular flexibility index (Phi) is 5.98. The van der Waals surface area contributed by atoms with Crippen LogP contribution in [-0.4, -0.2) is 43.4 Å². The molecular formula is C14H20ClN3O2. The third kappa shape index (κ3) is 4.21. The molecule has 1 aromatic carbocycles. The number of halogens is 1. The van der Waals surface area contributed by atoms with Crippen molar-refractivity contribution in [3.05, 3.63) is 29.8 Å². The highest BCUT2D eigenvalue weighted by molar-refractivity contribution is 5.94. The van der Waals surface area contributed by atoms with Gasteiger partial charge in [-0.1, -0.05) is 17.7 Å². The maximum Gasteiger partial charge on any atom is 0.243 e. The summed E-state index contributed by atoms with van der Waals surface area (Å²) in [5.41, 5.74) is 1.89. The summed E-state index contributed by atoms with van der Waals surface area (Å²) in [4.78, 5) is 25.2. The lowest BCUT2D eigenvalue weighted by Gasteiger charge is -2.29. The molecule has 2 N–H and O–H groups in total. The molecule has 110 valence electrons. The quantitative estimate of drug-likeness (QED) is 0.873. The predicted molar refractivity (Wildman–Crippen MR) is 81.1 cm³/mol. The molecule has 1 heterocycles. The average Bonchev–Trinajstić information content (AvgIpc) is 2.29. The molecule has 2 rings (SSSR count). The van der Waals surface area contributed by atoms with Gasteiger partial charge in [0.05, 0.1) is 12.5 Å². The SMILES string of the molecule is Cc1ccc(NC(=O)CN(C)C(=O)C2CNC2)cc1.Cl. The summed E-state index contributed by atoms with van der Waals surface area (Å²) in [5, 5.41) is 5.83. The first kappa shape index (κ1) is 16.5. The van der Waals surface area contributed by atoms with E-state index in [0.29, 0.717) is 13.1 Å². The molecule has 1 aromatic rings. The average molecular weight is 298 g/mol. The van der Waals surface area contributed by atoms with Gasteiger partial charge in [0, 0.05) is 25.8 Å². The summed E-state index contributed by atoms with van der Waals surface area (Å²) < 4.78 is 0. The molecule has 1 fully saturated rings. The number of nitrogens with zero attached hydrogens (tertiary/aromatic N) is 1. The normalized spacial score (nSPS) is 13.9. The standard InChI is InChI=1S/C14H19N3O2.ClH/c1-10-3-5-12(6-4-10)16-13(18)9-17(2)14(19)11-7-15-8-11;/h3-6,11,15H,7-9H2,1-2H3,(H,16,18);1H. The number of amides is 2. The number of hydrogen-bond acceptors (Lipinski definition) is 3. The van der Waals surface area contributed by atoms with Gasteiger partial charge in [-0.05, 0) is 19.1 Å². The van der Waals surface area contributed by atoms with Crippen LogP contribution in [0.1, 0.15) is 5.56 Å². The fourth-order valence-corrected chi connectivity index (χ4v) is 1.91. The molecule has 1 aliphatic heterocycles. The van der Waals surface area contributed by atoms with Gasteiger partial charge in [-0.25, -0.2) is 0 Å². The largest absolute Gasteiger partial charge is 0.336 e. The van der Waals surface area contributed by atoms with E-state index >= 15 is 0 Å². The summed E-state index contributed by atoms with van der Waals surface area (Å²) >= 11 is 0. The van der Waals surface area contributed by atoms with E-state index in [1.807, 2.05) is 31.2 Å². The van der Waals surface area contributed by atoms with E-state index in [4.69, 9.17) is 0 Å². The van der Waals surface area contributed by atoms with Crippen LogP contribution < -0.4 is 10.6 Å². The molecular weight excluding hydrogens is 278 g/mol. The van der Waals surface area contributed by atoms with E-state index < -0.39 is 0 Å². The van der Waals surface area contributed by atoms with Crippen LogP contribution in [0, 0.1) is 12.8 Å². The zero-order valence-electron chi connectivity index (χ0n) is 11.7. The van der Waals surface area contributed by atoms with Crippen LogP contribution in [-0.2, 0) is 9.59 Å². The summed E-state index contributed by atoms with van der Waals surface area (Å²) in [5.74, 6) is -0.123. The van der Waals surface area contributed by atoms with Crippen molar-refractivity contribution < 1.29 is 9.59 Å². The van der Waals surface area contributed by atoms with Crippen LogP contribution >= 0.6 is 12.4 Å². The summed E-state index contributed by atoms with van der Waals surface area (Å²) in [6, 6.07) is 7.57. The minimum Gasteiger partial charge on any atom is -0.336 e. The van der Waals surface area contributed by atoms with E-state index in [9.17, 15) is 9.59 Å². The number of anilines is 1. The Morgan fingerprint density at radius 2 is 1.90 bits per heavy atom. The van der Waals surface area contributed by atoms with E-state index in [2.05, 4.69) is 10.6 Å².